The van der Waals surface area contributed by atoms with Crippen LogP contribution in [0.15, 0.2) is 72.3 Å². The second-order valence-electron chi connectivity index (χ2n) is 12.7. The summed E-state index contributed by atoms with van der Waals surface area (Å²) in [7, 11) is 4.49. The largest absolute Gasteiger partial charge is 0.508 e. The fourth-order valence-electron chi connectivity index (χ4n) is 7.99. The topological polar surface area (TPSA) is 113 Å². The van der Waals surface area contributed by atoms with Gasteiger partial charge in [-0.3, -0.25) is 29.0 Å². The van der Waals surface area contributed by atoms with E-state index in [1.807, 2.05) is 36.4 Å². The zero-order valence-corrected chi connectivity index (χ0v) is 28.9. The van der Waals surface area contributed by atoms with Gasteiger partial charge in [-0.05, 0) is 72.9 Å². The lowest BCUT2D eigenvalue weighted by atomic mass is 9.56. The van der Waals surface area contributed by atoms with Crippen LogP contribution in [-0.2, 0) is 19.2 Å². The lowest BCUT2D eigenvalue weighted by Crippen LogP contribution is -2.60. The number of phenolic OH excluding ortho intramolecular Hbond substituents is 1. The number of benzene rings is 3. The molecule has 0 bridgehead atoms. The molecule has 3 fully saturated rings. The monoisotopic (exact) mass is 720 g/mol. The number of anilines is 1. The second kappa shape index (κ2) is 11.9. The first-order valence-electron chi connectivity index (χ1n) is 15.6. The first-order valence-corrected chi connectivity index (χ1v) is 16.8. The molecular formula is C37H31Cl3N2O7. The highest BCUT2D eigenvalue weighted by Gasteiger charge is 2.76. The van der Waals surface area contributed by atoms with E-state index in [9.17, 15) is 24.3 Å². The van der Waals surface area contributed by atoms with E-state index < -0.39 is 51.1 Å². The van der Waals surface area contributed by atoms with E-state index in [2.05, 4.69) is 0 Å². The molecule has 0 radical (unpaired) electrons. The molecule has 4 aliphatic rings. The molecule has 49 heavy (non-hydrogen) atoms. The van der Waals surface area contributed by atoms with Crippen LogP contribution in [0.25, 0.3) is 12.2 Å². The molecule has 2 heterocycles. The fraction of sp³-hybridized carbons (Fsp3) is 0.297. The van der Waals surface area contributed by atoms with Crippen molar-refractivity contribution in [1.29, 1.82) is 0 Å². The number of nitrogens with zero attached hydrogens (tertiary/aromatic N) is 2. The van der Waals surface area contributed by atoms with Crippen LogP contribution >= 0.6 is 34.8 Å². The second-order valence-corrected chi connectivity index (χ2v) is 14.4. The van der Waals surface area contributed by atoms with Crippen molar-refractivity contribution >= 4 is 76.3 Å². The summed E-state index contributed by atoms with van der Waals surface area (Å²) >= 11 is 20.7. The molecule has 2 aliphatic heterocycles. The number of alkyl halides is 2. The molecule has 7 rings (SSSR count). The van der Waals surface area contributed by atoms with Gasteiger partial charge in [0.05, 0.1) is 31.7 Å². The Morgan fingerprint density at radius 3 is 2.31 bits per heavy atom. The Hall–Kier alpha value is -4.31. The molecule has 2 aliphatic carbocycles. The van der Waals surface area contributed by atoms with Gasteiger partial charge in [-0.25, -0.2) is 0 Å². The molecule has 4 amide bonds. The zero-order valence-electron chi connectivity index (χ0n) is 26.7. The Bertz CT molecular complexity index is 2000. The number of halogens is 3. The van der Waals surface area contributed by atoms with Gasteiger partial charge in [0, 0.05) is 29.1 Å². The van der Waals surface area contributed by atoms with Gasteiger partial charge >= 0.3 is 0 Å². The Balaban J connectivity index is 1.23. The van der Waals surface area contributed by atoms with Crippen LogP contribution in [-0.4, -0.2) is 64.7 Å². The summed E-state index contributed by atoms with van der Waals surface area (Å²) < 4.78 is 10.8. The number of hydrogen-bond donors (Lipinski definition) is 1. The average molecular weight is 722 g/mol. The molecule has 252 valence electrons. The summed E-state index contributed by atoms with van der Waals surface area (Å²) in [6.07, 6.45) is 5.62. The molecule has 1 saturated carbocycles. The molecule has 0 spiro atoms. The third-order valence-electron chi connectivity index (χ3n) is 10.4. The minimum atomic E-state index is -2.01. The highest BCUT2D eigenvalue weighted by atomic mass is 35.5. The van der Waals surface area contributed by atoms with Crippen molar-refractivity contribution < 1.29 is 33.8 Å². The molecular weight excluding hydrogens is 691 g/mol. The number of fused-ring (bicyclic) bond motifs is 4. The van der Waals surface area contributed by atoms with E-state index in [0.29, 0.717) is 22.8 Å². The average Bonchev–Trinajstić information content (AvgIpc) is 3.43. The molecule has 12 heteroatoms. The van der Waals surface area contributed by atoms with E-state index in [-0.39, 0.29) is 35.1 Å². The van der Waals surface area contributed by atoms with Crippen LogP contribution < -0.4 is 14.4 Å². The molecule has 3 aromatic carbocycles. The third-order valence-corrected chi connectivity index (χ3v) is 12.0. The van der Waals surface area contributed by atoms with Crippen molar-refractivity contribution in [3.05, 3.63) is 94.0 Å². The minimum absolute atomic E-state index is 0.151. The molecule has 0 aromatic heterocycles. The van der Waals surface area contributed by atoms with Crippen molar-refractivity contribution in [2.24, 2.45) is 17.8 Å². The number of amides is 4. The van der Waals surface area contributed by atoms with Crippen molar-refractivity contribution in [2.45, 2.75) is 28.5 Å². The standard InChI is InChI=1S/C37H31Cl3N2O7/c1-41-34(46)36(39)18-27-24(31(37(36,40)35(41)47)26-17-21(38)8-14-28(26)43)12-13-25-30(27)33(45)42(32(25)44)22-9-5-19(6-10-22)4-7-20-16-23(48-2)11-15-29(20)49-3/h4-12,14-17,25,27,30-31,43H,13,18H2,1-3H3. The molecule has 6 atom stereocenters. The summed E-state index contributed by atoms with van der Waals surface area (Å²) in [5.74, 6) is -4.47. The maximum Gasteiger partial charge on any atom is 0.253 e. The first kappa shape index (κ1) is 33.2. The van der Waals surface area contributed by atoms with Gasteiger partial charge in [0.2, 0.25) is 11.8 Å². The lowest BCUT2D eigenvalue weighted by Gasteiger charge is -2.50. The zero-order chi connectivity index (χ0) is 35.0. The number of imide groups is 2. The van der Waals surface area contributed by atoms with Gasteiger partial charge in [0.25, 0.3) is 11.8 Å². The maximum absolute atomic E-state index is 14.3. The van der Waals surface area contributed by atoms with Gasteiger partial charge in [-0.2, -0.15) is 0 Å². The number of hydrogen-bond acceptors (Lipinski definition) is 7. The van der Waals surface area contributed by atoms with Crippen LogP contribution in [0.2, 0.25) is 5.02 Å². The fourth-order valence-corrected chi connectivity index (χ4v) is 9.18. The first-order chi connectivity index (χ1) is 23.3. The van der Waals surface area contributed by atoms with Gasteiger partial charge < -0.3 is 14.6 Å². The van der Waals surface area contributed by atoms with Crippen molar-refractivity contribution in [1.82, 2.24) is 4.90 Å². The van der Waals surface area contributed by atoms with E-state index in [4.69, 9.17) is 44.3 Å². The number of carbonyl (C=O) groups is 4. The number of likely N-dealkylation sites (tertiary alicyclic amines) is 1. The lowest BCUT2D eigenvalue weighted by molar-refractivity contribution is -0.138. The highest BCUT2D eigenvalue weighted by molar-refractivity contribution is 6.53. The predicted molar refractivity (Wildman–Crippen MR) is 186 cm³/mol. The van der Waals surface area contributed by atoms with Crippen LogP contribution in [0.3, 0.4) is 0 Å². The van der Waals surface area contributed by atoms with Crippen molar-refractivity contribution in [3.63, 3.8) is 0 Å². The van der Waals surface area contributed by atoms with Gasteiger partial charge in [-0.1, -0.05) is 47.5 Å². The minimum Gasteiger partial charge on any atom is -0.508 e. The van der Waals surface area contributed by atoms with E-state index in [0.717, 1.165) is 16.0 Å². The molecule has 6 unspecified atom stereocenters. The highest BCUT2D eigenvalue weighted by Crippen LogP contribution is 2.66. The Morgan fingerprint density at radius 1 is 0.878 bits per heavy atom. The number of rotatable bonds is 6. The van der Waals surface area contributed by atoms with Crippen LogP contribution in [0, 0.1) is 17.8 Å². The van der Waals surface area contributed by atoms with Crippen LogP contribution in [0.4, 0.5) is 5.69 Å². The van der Waals surface area contributed by atoms with Crippen LogP contribution in [0.5, 0.6) is 17.2 Å². The van der Waals surface area contributed by atoms with E-state index in [1.54, 1.807) is 38.5 Å². The predicted octanol–water partition coefficient (Wildman–Crippen LogP) is 6.43. The molecule has 3 aromatic rings. The summed E-state index contributed by atoms with van der Waals surface area (Å²) in [6, 6.07) is 16.9. The number of ether oxygens (including phenoxy) is 2. The summed E-state index contributed by atoms with van der Waals surface area (Å²) in [5.41, 5.74) is 2.81. The molecule has 1 N–H and O–H groups in total. The molecule has 9 nitrogen and oxygen atoms in total. The van der Waals surface area contributed by atoms with Crippen molar-refractivity contribution in [2.75, 3.05) is 26.2 Å². The quantitative estimate of drug-likeness (QED) is 0.135. The molecule has 2 saturated heterocycles. The summed E-state index contributed by atoms with van der Waals surface area (Å²) in [4.78, 5) is 53.7. The Kier molecular flexibility index (Phi) is 8.08. The maximum atomic E-state index is 14.3. The van der Waals surface area contributed by atoms with E-state index >= 15 is 0 Å². The number of phenols is 1. The number of methoxy groups -OCH3 is 2. The number of carbonyl (C=O) groups excluding carboxylic acids is 4. The smallest absolute Gasteiger partial charge is 0.253 e. The van der Waals surface area contributed by atoms with Crippen molar-refractivity contribution in [3.8, 4) is 17.2 Å². The van der Waals surface area contributed by atoms with Gasteiger partial charge in [0.1, 0.15) is 17.2 Å². The number of aromatic hydroxyl groups is 1. The number of allylic oxidation sites excluding steroid dienone is 2. The normalized spacial score (nSPS) is 29.2. The third kappa shape index (κ3) is 4.81. The van der Waals surface area contributed by atoms with E-state index in [1.165, 1.54) is 30.1 Å². The Morgan fingerprint density at radius 2 is 1.61 bits per heavy atom. The van der Waals surface area contributed by atoms with Crippen LogP contribution in [0.1, 0.15) is 35.4 Å². The van der Waals surface area contributed by atoms with Gasteiger partial charge in [0.15, 0.2) is 9.75 Å². The summed E-state index contributed by atoms with van der Waals surface area (Å²) in [5, 5.41) is 11.3. The SMILES string of the molecule is COc1ccc(OC)c(C=Cc2ccc(N3C(=O)C4CC=C5C(CC6(Cl)C(=O)N(C)C(=O)C6(Cl)C5c5cc(Cl)ccc5O)C4C3=O)cc2)c1. The van der Waals surface area contributed by atoms with Gasteiger partial charge in [-0.15, -0.1) is 23.2 Å². The Labute approximate surface area is 297 Å². The summed E-state index contributed by atoms with van der Waals surface area (Å²) in [6.45, 7) is 0.